The van der Waals surface area contributed by atoms with Gasteiger partial charge in [0.15, 0.2) is 0 Å². The van der Waals surface area contributed by atoms with Crippen LogP contribution in [0.3, 0.4) is 0 Å². The summed E-state index contributed by atoms with van der Waals surface area (Å²) in [4.78, 5) is 31.4. The number of fused-ring (bicyclic) bond motifs is 1. The third-order valence-electron chi connectivity index (χ3n) is 5.93. The first-order valence-electron chi connectivity index (χ1n) is 11.5. The molecule has 35 heavy (non-hydrogen) atoms. The summed E-state index contributed by atoms with van der Waals surface area (Å²) in [6.07, 6.45) is 1.77. The fourth-order valence-corrected chi connectivity index (χ4v) is 4.34. The number of amides is 1. The van der Waals surface area contributed by atoms with Crippen molar-refractivity contribution in [3.05, 3.63) is 94.8 Å². The number of aliphatic carboxylic acids is 1. The number of hydrogen-bond acceptors (Lipinski definition) is 4. The fourth-order valence-electron chi connectivity index (χ4n) is 4.34. The summed E-state index contributed by atoms with van der Waals surface area (Å²) in [7, 11) is 4.09. The van der Waals surface area contributed by atoms with Crippen molar-refractivity contribution in [2.75, 3.05) is 26.0 Å². The minimum absolute atomic E-state index is 0.138. The quantitative estimate of drug-likeness (QED) is 0.437. The van der Waals surface area contributed by atoms with E-state index in [0.29, 0.717) is 33.8 Å². The molecule has 4 rings (SSSR count). The molecule has 3 aromatic rings. The third kappa shape index (κ3) is 6.00. The summed E-state index contributed by atoms with van der Waals surface area (Å²) in [6.45, 7) is 0.977. The van der Waals surface area contributed by atoms with Crippen LogP contribution in [0, 0.1) is 5.82 Å². The Bertz CT molecular complexity index is 1290. The van der Waals surface area contributed by atoms with Crippen LogP contribution >= 0.6 is 0 Å². The van der Waals surface area contributed by atoms with Gasteiger partial charge in [0.2, 0.25) is 5.91 Å². The highest BCUT2D eigenvalue weighted by atomic mass is 19.1. The van der Waals surface area contributed by atoms with E-state index in [1.807, 2.05) is 38.4 Å². The molecule has 0 spiro atoms. The molecule has 0 saturated carbocycles. The van der Waals surface area contributed by atoms with Gasteiger partial charge in [0.05, 0.1) is 17.8 Å². The summed E-state index contributed by atoms with van der Waals surface area (Å²) in [5.41, 5.74) is 4.66. The molecule has 0 radical (unpaired) electrons. The number of carboxylic acids is 1. The minimum atomic E-state index is -0.939. The normalized spacial score (nSPS) is 15.3. The average molecular weight is 474 g/mol. The molecular weight excluding hydrogens is 445 g/mol. The predicted octanol–water partition coefficient (Wildman–Crippen LogP) is 4.80. The maximum absolute atomic E-state index is 13.8. The van der Waals surface area contributed by atoms with Gasteiger partial charge in [-0.25, -0.2) is 4.39 Å². The smallest absolute Gasteiger partial charge is 0.307 e. The first-order chi connectivity index (χ1) is 16.8. The standard InChI is InChI=1S/C28H28FN3O3/c1-32(2)13-5-8-18-6-4-10-22(15-18)30-27(20-9-3-7-19(14-20)16-25(33)34)26-23-12-11-21(29)17-24(23)31-28(26)35/h3-4,6-7,9-12,14-15,17,26H,5,8,13,16H2,1-2H3,(H,31,35)(H,33,34). The van der Waals surface area contributed by atoms with Crippen molar-refractivity contribution >= 4 is 29.0 Å². The number of rotatable bonds is 9. The van der Waals surface area contributed by atoms with Gasteiger partial charge in [-0.3, -0.25) is 14.6 Å². The lowest BCUT2D eigenvalue weighted by atomic mass is 9.89. The van der Waals surface area contributed by atoms with E-state index in [1.54, 1.807) is 24.3 Å². The maximum atomic E-state index is 13.8. The van der Waals surface area contributed by atoms with E-state index in [9.17, 15) is 19.1 Å². The average Bonchev–Trinajstić information content (AvgIpc) is 3.11. The minimum Gasteiger partial charge on any atom is -0.481 e. The number of carbonyl (C=O) groups excluding carboxylic acids is 1. The van der Waals surface area contributed by atoms with Gasteiger partial charge in [-0.15, -0.1) is 0 Å². The van der Waals surface area contributed by atoms with Crippen molar-refractivity contribution in [1.29, 1.82) is 0 Å². The van der Waals surface area contributed by atoms with Gasteiger partial charge in [0, 0.05) is 5.69 Å². The van der Waals surface area contributed by atoms with Crippen LogP contribution in [0.4, 0.5) is 15.8 Å². The molecule has 1 aliphatic rings. The van der Waals surface area contributed by atoms with Crippen molar-refractivity contribution in [1.82, 2.24) is 4.90 Å². The number of anilines is 1. The van der Waals surface area contributed by atoms with Gasteiger partial charge < -0.3 is 15.3 Å². The Balaban J connectivity index is 1.77. The zero-order valence-corrected chi connectivity index (χ0v) is 19.8. The van der Waals surface area contributed by atoms with E-state index in [4.69, 9.17) is 4.99 Å². The van der Waals surface area contributed by atoms with Crippen molar-refractivity contribution in [3.8, 4) is 0 Å². The van der Waals surface area contributed by atoms with Crippen LogP contribution in [0.25, 0.3) is 0 Å². The molecule has 0 bridgehead atoms. The fraction of sp³-hybridized carbons (Fsp3) is 0.250. The van der Waals surface area contributed by atoms with Crippen LogP contribution < -0.4 is 5.32 Å². The SMILES string of the molecule is CN(C)CCCc1cccc(N=C(c2cccc(CC(=O)O)c2)C2C(=O)Nc3cc(F)ccc32)c1. The van der Waals surface area contributed by atoms with Crippen molar-refractivity contribution in [2.24, 2.45) is 4.99 Å². The second-order valence-corrected chi connectivity index (χ2v) is 9.00. The van der Waals surface area contributed by atoms with Crippen molar-refractivity contribution < 1.29 is 19.1 Å². The monoisotopic (exact) mass is 473 g/mol. The number of aliphatic imine (C=N–C) groups is 1. The van der Waals surface area contributed by atoms with Crippen LogP contribution in [0.1, 0.15) is 34.6 Å². The zero-order chi connectivity index (χ0) is 24.9. The second kappa shape index (κ2) is 10.6. The van der Waals surface area contributed by atoms with Gasteiger partial charge in [-0.1, -0.05) is 36.4 Å². The molecule has 1 unspecified atom stereocenters. The summed E-state index contributed by atoms with van der Waals surface area (Å²) < 4.78 is 13.8. The number of carbonyl (C=O) groups is 2. The third-order valence-corrected chi connectivity index (χ3v) is 5.93. The second-order valence-electron chi connectivity index (χ2n) is 9.00. The Morgan fingerprint density at radius 3 is 2.60 bits per heavy atom. The van der Waals surface area contributed by atoms with E-state index in [0.717, 1.165) is 24.9 Å². The molecule has 6 nitrogen and oxygen atoms in total. The maximum Gasteiger partial charge on any atom is 0.307 e. The summed E-state index contributed by atoms with van der Waals surface area (Å²) in [5.74, 6) is -2.42. The molecular formula is C28H28FN3O3. The summed E-state index contributed by atoms with van der Waals surface area (Å²) in [6, 6.07) is 19.2. The van der Waals surface area contributed by atoms with Crippen molar-refractivity contribution in [2.45, 2.75) is 25.2 Å². The molecule has 1 aliphatic heterocycles. The topological polar surface area (TPSA) is 82.0 Å². The Kier molecular flexibility index (Phi) is 7.36. The largest absolute Gasteiger partial charge is 0.481 e. The molecule has 0 fully saturated rings. The Labute approximate surface area is 204 Å². The molecule has 7 heteroatoms. The highest BCUT2D eigenvalue weighted by molar-refractivity contribution is 6.24. The lowest BCUT2D eigenvalue weighted by molar-refractivity contribution is -0.136. The molecule has 1 heterocycles. The molecule has 1 amide bonds. The molecule has 3 aromatic carbocycles. The molecule has 180 valence electrons. The van der Waals surface area contributed by atoms with Gasteiger partial charge in [-0.05, 0) is 86.1 Å². The van der Waals surface area contributed by atoms with Crippen LogP contribution in [-0.2, 0) is 22.4 Å². The lowest BCUT2D eigenvalue weighted by Gasteiger charge is -2.15. The summed E-state index contributed by atoms with van der Waals surface area (Å²) >= 11 is 0. The van der Waals surface area contributed by atoms with Gasteiger partial charge >= 0.3 is 5.97 Å². The molecule has 0 saturated heterocycles. The Hall–Kier alpha value is -3.84. The molecule has 0 aromatic heterocycles. The molecule has 0 aliphatic carbocycles. The van der Waals surface area contributed by atoms with Crippen LogP contribution in [0.15, 0.2) is 71.7 Å². The summed E-state index contributed by atoms with van der Waals surface area (Å²) in [5, 5.41) is 12.0. The molecule has 2 N–H and O–H groups in total. The number of carboxylic acid groups (broad SMARTS) is 1. The van der Waals surface area contributed by atoms with E-state index in [-0.39, 0.29) is 12.3 Å². The Morgan fingerprint density at radius 1 is 1.06 bits per heavy atom. The number of nitrogens with one attached hydrogen (secondary N) is 1. The highest BCUT2D eigenvalue weighted by Gasteiger charge is 2.35. The number of halogens is 1. The highest BCUT2D eigenvalue weighted by Crippen LogP contribution is 2.37. The predicted molar refractivity (Wildman–Crippen MR) is 135 cm³/mol. The zero-order valence-electron chi connectivity index (χ0n) is 19.8. The number of nitrogens with zero attached hydrogens (tertiary/aromatic N) is 2. The lowest BCUT2D eigenvalue weighted by Crippen LogP contribution is -2.22. The van der Waals surface area contributed by atoms with Crippen LogP contribution in [-0.4, -0.2) is 48.2 Å². The number of benzene rings is 3. The molecule has 1 atom stereocenters. The first kappa shape index (κ1) is 24.3. The van der Waals surface area contributed by atoms with Gasteiger partial charge in [0.25, 0.3) is 0 Å². The van der Waals surface area contributed by atoms with Gasteiger partial charge in [0.1, 0.15) is 11.7 Å². The van der Waals surface area contributed by atoms with Crippen LogP contribution in [0.2, 0.25) is 0 Å². The van der Waals surface area contributed by atoms with E-state index >= 15 is 0 Å². The number of hydrogen-bond donors (Lipinski definition) is 2. The van der Waals surface area contributed by atoms with Crippen molar-refractivity contribution in [3.63, 3.8) is 0 Å². The number of aryl methyl sites for hydroxylation is 1. The van der Waals surface area contributed by atoms with E-state index < -0.39 is 17.7 Å². The van der Waals surface area contributed by atoms with E-state index in [1.165, 1.54) is 12.1 Å². The van der Waals surface area contributed by atoms with E-state index in [2.05, 4.69) is 16.3 Å². The van der Waals surface area contributed by atoms with Crippen LogP contribution in [0.5, 0.6) is 0 Å². The Morgan fingerprint density at radius 2 is 1.83 bits per heavy atom. The van der Waals surface area contributed by atoms with Gasteiger partial charge in [-0.2, -0.15) is 0 Å². The first-order valence-corrected chi connectivity index (χ1v) is 11.5.